The fourth-order valence-electron chi connectivity index (χ4n) is 2.53. The van der Waals surface area contributed by atoms with E-state index < -0.39 is 5.97 Å². The van der Waals surface area contributed by atoms with Gasteiger partial charge in [-0.1, -0.05) is 6.92 Å². The van der Waals surface area contributed by atoms with E-state index in [2.05, 4.69) is 4.98 Å². The molecule has 0 aliphatic carbocycles. The third kappa shape index (κ3) is 3.36. The highest BCUT2D eigenvalue weighted by Gasteiger charge is 2.27. The number of thiazole rings is 1. The molecule has 1 fully saturated rings. The SMILES string of the molecule is CCc1nc(C)c(C(=O)N2CCC(CC(=O)O)CC2)s1. The molecule has 1 saturated heterocycles. The largest absolute Gasteiger partial charge is 0.481 e. The lowest BCUT2D eigenvalue weighted by Gasteiger charge is -2.31. The lowest BCUT2D eigenvalue weighted by atomic mass is 9.93. The summed E-state index contributed by atoms with van der Waals surface area (Å²) in [5.74, 6) is -0.501. The number of aliphatic carboxylic acids is 1. The van der Waals surface area contributed by atoms with Crippen molar-refractivity contribution in [2.45, 2.75) is 39.5 Å². The molecule has 1 amide bonds. The van der Waals surface area contributed by atoms with E-state index in [1.165, 1.54) is 11.3 Å². The van der Waals surface area contributed by atoms with Crippen LogP contribution in [-0.4, -0.2) is 40.0 Å². The highest BCUT2D eigenvalue weighted by Crippen LogP contribution is 2.25. The van der Waals surface area contributed by atoms with Crippen LogP contribution >= 0.6 is 11.3 Å². The second-order valence-electron chi connectivity index (χ2n) is 5.21. The quantitative estimate of drug-likeness (QED) is 0.926. The van der Waals surface area contributed by atoms with Gasteiger partial charge in [0.05, 0.1) is 10.7 Å². The number of aromatic nitrogens is 1. The van der Waals surface area contributed by atoms with Crippen molar-refractivity contribution in [1.82, 2.24) is 9.88 Å². The fourth-order valence-corrected chi connectivity index (χ4v) is 3.50. The monoisotopic (exact) mass is 296 g/mol. The normalized spacial score (nSPS) is 16.4. The maximum Gasteiger partial charge on any atom is 0.303 e. The fraction of sp³-hybridized carbons (Fsp3) is 0.643. The molecule has 1 aromatic rings. The van der Waals surface area contributed by atoms with E-state index in [4.69, 9.17) is 5.11 Å². The minimum atomic E-state index is -0.749. The molecule has 0 saturated carbocycles. The van der Waals surface area contributed by atoms with Crippen LogP contribution in [0, 0.1) is 12.8 Å². The average molecular weight is 296 g/mol. The number of rotatable bonds is 4. The topological polar surface area (TPSA) is 70.5 Å². The van der Waals surface area contributed by atoms with Crippen molar-refractivity contribution in [3.63, 3.8) is 0 Å². The maximum absolute atomic E-state index is 12.5. The summed E-state index contributed by atoms with van der Waals surface area (Å²) in [6, 6.07) is 0. The molecule has 1 aliphatic rings. The zero-order chi connectivity index (χ0) is 14.7. The molecular weight excluding hydrogens is 276 g/mol. The molecule has 1 aromatic heterocycles. The number of carboxylic acids is 1. The van der Waals surface area contributed by atoms with E-state index in [1.54, 1.807) is 0 Å². The van der Waals surface area contributed by atoms with E-state index in [0.717, 1.165) is 34.8 Å². The van der Waals surface area contributed by atoms with Crippen LogP contribution in [-0.2, 0) is 11.2 Å². The van der Waals surface area contributed by atoms with E-state index in [-0.39, 0.29) is 18.2 Å². The van der Waals surface area contributed by atoms with E-state index in [0.29, 0.717) is 13.1 Å². The van der Waals surface area contributed by atoms with Crippen molar-refractivity contribution < 1.29 is 14.7 Å². The molecule has 20 heavy (non-hydrogen) atoms. The molecule has 0 spiro atoms. The number of piperidine rings is 1. The maximum atomic E-state index is 12.5. The molecule has 0 aromatic carbocycles. The van der Waals surface area contributed by atoms with Gasteiger partial charge in [0.15, 0.2) is 0 Å². The Morgan fingerprint density at radius 2 is 2.05 bits per heavy atom. The number of carbonyl (C=O) groups excluding carboxylic acids is 1. The predicted octanol–water partition coefficient (Wildman–Crippen LogP) is 2.34. The summed E-state index contributed by atoms with van der Waals surface area (Å²) in [5.41, 5.74) is 0.810. The Morgan fingerprint density at radius 1 is 1.40 bits per heavy atom. The number of carbonyl (C=O) groups is 2. The molecule has 0 radical (unpaired) electrons. The standard InChI is InChI=1S/C14H20N2O3S/c1-3-11-15-9(2)13(20-11)14(19)16-6-4-10(5-7-16)8-12(17)18/h10H,3-8H2,1-2H3,(H,17,18). The summed E-state index contributed by atoms with van der Waals surface area (Å²) in [5, 5.41) is 9.79. The van der Waals surface area contributed by atoms with Crippen LogP contribution in [0.4, 0.5) is 0 Å². The summed E-state index contributed by atoms with van der Waals surface area (Å²) in [4.78, 5) is 30.1. The van der Waals surface area contributed by atoms with Gasteiger partial charge in [0.25, 0.3) is 5.91 Å². The number of hydrogen-bond donors (Lipinski definition) is 1. The highest BCUT2D eigenvalue weighted by atomic mass is 32.1. The van der Waals surface area contributed by atoms with E-state index in [1.807, 2.05) is 18.7 Å². The van der Waals surface area contributed by atoms with Crippen LogP contribution in [0.2, 0.25) is 0 Å². The molecule has 1 N–H and O–H groups in total. The summed E-state index contributed by atoms with van der Waals surface area (Å²) < 4.78 is 0. The lowest BCUT2D eigenvalue weighted by molar-refractivity contribution is -0.138. The highest BCUT2D eigenvalue weighted by molar-refractivity contribution is 7.13. The number of carboxylic acid groups (broad SMARTS) is 1. The van der Waals surface area contributed by atoms with Crippen LogP contribution in [0.15, 0.2) is 0 Å². The Hall–Kier alpha value is -1.43. The van der Waals surface area contributed by atoms with Crippen LogP contribution in [0.25, 0.3) is 0 Å². The average Bonchev–Trinajstić information content (AvgIpc) is 2.79. The number of nitrogens with zero attached hydrogens (tertiary/aromatic N) is 2. The number of likely N-dealkylation sites (tertiary alicyclic amines) is 1. The molecule has 110 valence electrons. The Bertz CT molecular complexity index is 505. The van der Waals surface area contributed by atoms with Crippen molar-refractivity contribution >= 4 is 23.2 Å². The van der Waals surface area contributed by atoms with Gasteiger partial charge in [-0.2, -0.15) is 0 Å². The number of hydrogen-bond acceptors (Lipinski definition) is 4. The summed E-state index contributed by atoms with van der Waals surface area (Å²) in [6.07, 6.45) is 2.61. The molecule has 2 rings (SSSR count). The van der Waals surface area contributed by atoms with Crippen molar-refractivity contribution in [2.24, 2.45) is 5.92 Å². The Balaban J connectivity index is 1.97. The van der Waals surface area contributed by atoms with Gasteiger partial charge in [0.2, 0.25) is 0 Å². The van der Waals surface area contributed by atoms with Crippen LogP contribution in [0.5, 0.6) is 0 Å². The van der Waals surface area contributed by atoms with Gasteiger partial charge in [-0.15, -0.1) is 11.3 Å². The summed E-state index contributed by atoms with van der Waals surface area (Å²) >= 11 is 1.48. The Kier molecular flexibility index (Phi) is 4.75. The molecular formula is C14H20N2O3S. The molecule has 2 heterocycles. The predicted molar refractivity (Wildman–Crippen MR) is 77.1 cm³/mol. The first-order valence-corrected chi connectivity index (χ1v) is 7.80. The van der Waals surface area contributed by atoms with Crippen molar-refractivity contribution in [2.75, 3.05) is 13.1 Å². The van der Waals surface area contributed by atoms with E-state index >= 15 is 0 Å². The van der Waals surface area contributed by atoms with Gasteiger partial charge < -0.3 is 10.0 Å². The minimum Gasteiger partial charge on any atom is -0.481 e. The second kappa shape index (κ2) is 6.35. The smallest absolute Gasteiger partial charge is 0.303 e. The molecule has 6 heteroatoms. The second-order valence-corrected chi connectivity index (χ2v) is 6.29. The Labute approximate surface area is 122 Å². The zero-order valence-corrected chi connectivity index (χ0v) is 12.7. The van der Waals surface area contributed by atoms with Crippen molar-refractivity contribution in [3.8, 4) is 0 Å². The first-order valence-electron chi connectivity index (χ1n) is 6.98. The van der Waals surface area contributed by atoms with Crippen LogP contribution in [0.3, 0.4) is 0 Å². The van der Waals surface area contributed by atoms with Gasteiger partial charge in [-0.3, -0.25) is 9.59 Å². The molecule has 0 atom stereocenters. The van der Waals surface area contributed by atoms with E-state index in [9.17, 15) is 9.59 Å². The van der Waals surface area contributed by atoms with Crippen LogP contribution < -0.4 is 0 Å². The lowest BCUT2D eigenvalue weighted by Crippen LogP contribution is -2.38. The van der Waals surface area contributed by atoms with Gasteiger partial charge in [0.1, 0.15) is 4.88 Å². The van der Waals surface area contributed by atoms with Gasteiger partial charge in [-0.25, -0.2) is 4.98 Å². The molecule has 5 nitrogen and oxygen atoms in total. The summed E-state index contributed by atoms with van der Waals surface area (Å²) in [7, 11) is 0. The number of amides is 1. The van der Waals surface area contributed by atoms with Crippen molar-refractivity contribution in [3.05, 3.63) is 15.6 Å². The minimum absolute atomic E-state index is 0.0495. The molecule has 0 unspecified atom stereocenters. The third-order valence-corrected chi connectivity index (χ3v) is 4.99. The third-order valence-electron chi connectivity index (χ3n) is 3.70. The van der Waals surface area contributed by atoms with Crippen molar-refractivity contribution in [1.29, 1.82) is 0 Å². The van der Waals surface area contributed by atoms with Gasteiger partial charge in [0, 0.05) is 19.5 Å². The van der Waals surface area contributed by atoms with Crippen LogP contribution in [0.1, 0.15) is 46.6 Å². The molecule has 0 bridgehead atoms. The zero-order valence-electron chi connectivity index (χ0n) is 11.9. The van der Waals surface area contributed by atoms with Gasteiger partial charge in [-0.05, 0) is 32.1 Å². The van der Waals surface area contributed by atoms with Gasteiger partial charge >= 0.3 is 5.97 Å². The number of aryl methyl sites for hydroxylation is 2. The first-order chi connectivity index (χ1) is 9.51. The summed E-state index contributed by atoms with van der Waals surface area (Å²) in [6.45, 7) is 5.20. The molecule has 1 aliphatic heterocycles. The Morgan fingerprint density at radius 3 is 2.55 bits per heavy atom. The first kappa shape index (κ1) is 15.0.